The van der Waals surface area contributed by atoms with E-state index in [1.807, 2.05) is 6.92 Å². The first-order valence-electron chi connectivity index (χ1n) is 7.55. The number of rotatable bonds is 5. The number of anilines is 1. The van der Waals surface area contributed by atoms with Gasteiger partial charge < -0.3 is 10.2 Å². The van der Waals surface area contributed by atoms with Crippen LogP contribution in [-0.2, 0) is 9.84 Å². The molecule has 1 aliphatic heterocycles. The first-order valence-corrected chi connectivity index (χ1v) is 10.1. The van der Waals surface area contributed by atoms with E-state index in [1.165, 1.54) is 0 Å². The van der Waals surface area contributed by atoms with Crippen molar-refractivity contribution in [1.82, 2.24) is 4.90 Å². The predicted octanol–water partition coefficient (Wildman–Crippen LogP) is 3.81. The maximum atomic E-state index is 12.6. The number of nitrogens with zero attached hydrogens (tertiary/aromatic N) is 1. The standard InChI is InChI=1S/C15H20Cl2N2O3S/c1-2-3-7-19(12-6-8-23(21,22)10-12)15(20)18-11-4-5-13(16)14(17)9-11/h4-5,9,12H,2-3,6-8,10H2,1H3,(H,18,20)/t12-/m0/s1. The Morgan fingerprint density at radius 2 is 2.09 bits per heavy atom. The van der Waals surface area contributed by atoms with E-state index < -0.39 is 9.84 Å². The van der Waals surface area contributed by atoms with Gasteiger partial charge in [0, 0.05) is 18.3 Å². The summed E-state index contributed by atoms with van der Waals surface area (Å²) in [5, 5.41) is 3.54. The average Bonchev–Trinajstić information content (AvgIpc) is 2.83. The molecular formula is C15H20Cl2N2O3S. The molecule has 1 saturated heterocycles. The van der Waals surface area contributed by atoms with E-state index in [1.54, 1.807) is 23.1 Å². The van der Waals surface area contributed by atoms with E-state index in [0.29, 0.717) is 28.7 Å². The van der Waals surface area contributed by atoms with Gasteiger partial charge in [0.25, 0.3) is 0 Å². The highest BCUT2D eigenvalue weighted by molar-refractivity contribution is 7.91. The van der Waals surface area contributed by atoms with Crippen molar-refractivity contribution in [3.63, 3.8) is 0 Å². The summed E-state index contributed by atoms with van der Waals surface area (Å²) in [4.78, 5) is 14.2. The molecule has 2 rings (SSSR count). The molecule has 128 valence electrons. The zero-order valence-corrected chi connectivity index (χ0v) is 15.2. The second-order valence-electron chi connectivity index (χ2n) is 5.66. The number of carbonyl (C=O) groups is 1. The van der Waals surface area contributed by atoms with Crippen LogP contribution in [0.3, 0.4) is 0 Å². The van der Waals surface area contributed by atoms with Crippen LogP contribution in [0.25, 0.3) is 0 Å². The third kappa shape index (κ3) is 4.99. The van der Waals surface area contributed by atoms with Gasteiger partial charge in [0.2, 0.25) is 0 Å². The Bertz CT molecular complexity index is 679. The quantitative estimate of drug-likeness (QED) is 0.846. The van der Waals surface area contributed by atoms with Crippen molar-refractivity contribution in [3.05, 3.63) is 28.2 Å². The minimum atomic E-state index is -3.04. The Morgan fingerprint density at radius 3 is 2.65 bits per heavy atom. The van der Waals surface area contributed by atoms with Gasteiger partial charge in [-0.3, -0.25) is 0 Å². The van der Waals surface area contributed by atoms with Crippen LogP contribution in [-0.4, -0.2) is 43.4 Å². The molecule has 0 bridgehead atoms. The number of hydrogen-bond acceptors (Lipinski definition) is 3. The fourth-order valence-corrected chi connectivity index (χ4v) is 4.60. The molecule has 2 amide bonds. The molecule has 1 aromatic rings. The molecule has 0 saturated carbocycles. The maximum absolute atomic E-state index is 12.6. The van der Waals surface area contributed by atoms with E-state index in [-0.39, 0.29) is 23.6 Å². The number of carbonyl (C=O) groups excluding carboxylic acids is 1. The van der Waals surface area contributed by atoms with Crippen molar-refractivity contribution < 1.29 is 13.2 Å². The number of hydrogen-bond donors (Lipinski definition) is 1. The zero-order chi connectivity index (χ0) is 17.0. The molecule has 1 fully saturated rings. The van der Waals surface area contributed by atoms with Gasteiger partial charge in [0.1, 0.15) is 0 Å². The fourth-order valence-electron chi connectivity index (χ4n) is 2.57. The lowest BCUT2D eigenvalue weighted by atomic mass is 10.2. The van der Waals surface area contributed by atoms with Crippen molar-refractivity contribution in [3.8, 4) is 0 Å². The molecule has 1 heterocycles. The van der Waals surface area contributed by atoms with Crippen LogP contribution >= 0.6 is 23.2 Å². The lowest BCUT2D eigenvalue weighted by Crippen LogP contribution is -2.44. The molecular weight excluding hydrogens is 359 g/mol. The SMILES string of the molecule is CCCCN(C(=O)Nc1ccc(Cl)c(Cl)c1)[C@H]1CCS(=O)(=O)C1. The summed E-state index contributed by atoms with van der Waals surface area (Å²) < 4.78 is 23.4. The van der Waals surface area contributed by atoms with Gasteiger partial charge in [-0.15, -0.1) is 0 Å². The smallest absolute Gasteiger partial charge is 0.320 e. The number of halogens is 2. The minimum absolute atomic E-state index is 0.0332. The lowest BCUT2D eigenvalue weighted by Gasteiger charge is -2.28. The van der Waals surface area contributed by atoms with Gasteiger partial charge in [-0.05, 0) is 31.0 Å². The molecule has 0 radical (unpaired) electrons. The number of nitrogens with one attached hydrogen (secondary N) is 1. The molecule has 0 aliphatic carbocycles. The van der Waals surface area contributed by atoms with Gasteiger partial charge in [0.05, 0.1) is 21.6 Å². The largest absolute Gasteiger partial charge is 0.322 e. The molecule has 1 aromatic carbocycles. The van der Waals surface area contributed by atoms with Gasteiger partial charge in [-0.2, -0.15) is 0 Å². The maximum Gasteiger partial charge on any atom is 0.322 e. The fraction of sp³-hybridized carbons (Fsp3) is 0.533. The third-order valence-corrected chi connectivity index (χ3v) is 6.32. The lowest BCUT2D eigenvalue weighted by molar-refractivity contribution is 0.192. The number of unbranched alkanes of at least 4 members (excludes halogenated alkanes) is 1. The van der Waals surface area contributed by atoms with E-state index in [4.69, 9.17) is 23.2 Å². The van der Waals surface area contributed by atoms with Crippen LogP contribution in [0.2, 0.25) is 10.0 Å². The van der Waals surface area contributed by atoms with Crippen LogP contribution in [0, 0.1) is 0 Å². The normalized spacial score (nSPS) is 19.5. The van der Waals surface area contributed by atoms with Crippen LogP contribution in [0.4, 0.5) is 10.5 Å². The topological polar surface area (TPSA) is 66.5 Å². The Labute approximate surface area is 146 Å². The van der Waals surface area contributed by atoms with E-state index in [2.05, 4.69) is 5.32 Å². The Kier molecular flexibility index (Phi) is 6.17. The highest BCUT2D eigenvalue weighted by Crippen LogP contribution is 2.26. The van der Waals surface area contributed by atoms with Crippen molar-refractivity contribution in [2.45, 2.75) is 32.2 Å². The van der Waals surface area contributed by atoms with E-state index in [0.717, 1.165) is 12.8 Å². The first kappa shape index (κ1) is 18.4. The second-order valence-corrected chi connectivity index (χ2v) is 8.71. The molecule has 0 unspecified atom stereocenters. The Morgan fingerprint density at radius 1 is 1.35 bits per heavy atom. The number of amides is 2. The third-order valence-electron chi connectivity index (χ3n) is 3.83. The predicted molar refractivity (Wildman–Crippen MR) is 94.2 cm³/mol. The van der Waals surface area contributed by atoms with Gasteiger partial charge in [-0.1, -0.05) is 36.5 Å². The van der Waals surface area contributed by atoms with E-state index >= 15 is 0 Å². The van der Waals surface area contributed by atoms with Gasteiger partial charge in [-0.25, -0.2) is 13.2 Å². The van der Waals surface area contributed by atoms with Crippen molar-refractivity contribution >= 4 is 44.8 Å². The molecule has 1 N–H and O–H groups in total. The Hall–Kier alpha value is -0.980. The average molecular weight is 379 g/mol. The summed E-state index contributed by atoms with van der Waals surface area (Å²) in [6.07, 6.45) is 2.24. The van der Waals surface area contributed by atoms with Crippen LogP contribution in [0.5, 0.6) is 0 Å². The monoisotopic (exact) mass is 378 g/mol. The van der Waals surface area contributed by atoms with Gasteiger partial charge >= 0.3 is 6.03 Å². The van der Waals surface area contributed by atoms with Crippen molar-refractivity contribution in [2.75, 3.05) is 23.4 Å². The zero-order valence-electron chi connectivity index (χ0n) is 12.9. The minimum Gasteiger partial charge on any atom is -0.320 e. The van der Waals surface area contributed by atoms with Crippen molar-refractivity contribution in [2.24, 2.45) is 0 Å². The van der Waals surface area contributed by atoms with Crippen LogP contribution in [0.1, 0.15) is 26.2 Å². The Balaban J connectivity index is 2.11. The van der Waals surface area contributed by atoms with Crippen molar-refractivity contribution in [1.29, 1.82) is 0 Å². The summed E-state index contributed by atoms with van der Waals surface area (Å²) in [6.45, 7) is 2.56. The first-order chi connectivity index (χ1) is 10.8. The molecule has 5 nitrogen and oxygen atoms in total. The van der Waals surface area contributed by atoms with E-state index in [9.17, 15) is 13.2 Å². The molecule has 8 heteroatoms. The molecule has 1 atom stereocenters. The molecule has 23 heavy (non-hydrogen) atoms. The van der Waals surface area contributed by atoms with Crippen LogP contribution in [0.15, 0.2) is 18.2 Å². The molecule has 0 spiro atoms. The summed E-state index contributed by atoms with van der Waals surface area (Å²) >= 11 is 11.8. The number of urea groups is 1. The summed E-state index contributed by atoms with van der Waals surface area (Å²) in [5.41, 5.74) is 0.534. The summed E-state index contributed by atoms with van der Waals surface area (Å²) in [7, 11) is -3.04. The number of benzene rings is 1. The van der Waals surface area contributed by atoms with Gasteiger partial charge in [0.15, 0.2) is 9.84 Å². The highest BCUT2D eigenvalue weighted by Gasteiger charge is 2.34. The molecule has 1 aliphatic rings. The van der Waals surface area contributed by atoms with Crippen LogP contribution < -0.4 is 5.32 Å². The highest BCUT2D eigenvalue weighted by atomic mass is 35.5. The second kappa shape index (κ2) is 7.73. The number of sulfone groups is 1. The molecule has 0 aromatic heterocycles. The summed E-state index contributed by atoms with van der Waals surface area (Å²) in [5.74, 6) is 0.172. The summed E-state index contributed by atoms with van der Waals surface area (Å²) in [6, 6.07) is 4.27.